The number of hydrogen-bond acceptors (Lipinski definition) is 3. The van der Waals surface area contributed by atoms with E-state index in [1.54, 1.807) is 12.1 Å². The maximum atomic E-state index is 12.4. The monoisotopic (exact) mass is 443 g/mol. The van der Waals surface area contributed by atoms with Crippen LogP contribution >= 0.6 is 0 Å². The van der Waals surface area contributed by atoms with Gasteiger partial charge in [0.05, 0.1) is 11.6 Å². The Morgan fingerprint density at radius 1 is 0.939 bits per heavy atom. The van der Waals surface area contributed by atoms with Gasteiger partial charge in [-0.05, 0) is 123 Å². The lowest BCUT2D eigenvalue weighted by Gasteiger charge is -2.61. The third-order valence-corrected chi connectivity index (χ3v) is 10.7. The molecular weight excluding hydrogens is 406 g/mol. The highest BCUT2D eigenvalue weighted by molar-refractivity contribution is 5.79. The van der Waals surface area contributed by atoms with Crippen molar-refractivity contribution in [2.24, 2.45) is 40.4 Å². The van der Waals surface area contributed by atoms with Crippen molar-refractivity contribution in [1.29, 1.82) is 5.26 Å². The first-order chi connectivity index (χ1) is 15.7. The Balaban J connectivity index is 1.33. The number of benzene rings is 1. The van der Waals surface area contributed by atoms with Crippen molar-refractivity contribution in [2.45, 2.75) is 84.2 Å². The predicted molar refractivity (Wildman–Crippen MR) is 129 cm³/mol. The average molecular weight is 444 g/mol. The third kappa shape index (κ3) is 3.65. The Kier molecular flexibility index (Phi) is 5.49. The van der Waals surface area contributed by atoms with Crippen molar-refractivity contribution in [2.75, 3.05) is 0 Å². The van der Waals surface area contributed by atoms with Crippen molar-refractivity contribution in [3.8, 4) is 17.9 Å². The van der Waals surface area contributed by atoms with Gasteiger partial charge < -0.3 is 5.11 Å². The van der Waals surface area contributed by atoms with Crippen molar-refractivity contribution in [3.63, 3.8) is 0 Å². The molecule has 5 rings (SSSR count). The van der Waals surface area contributed by atoms with Crippen LogP contribution < -0.4 is 0 Å². The normalized spacial score (nSPS) is 43.8. The lowest BCUT2D eigenvalue weighted by Crippen LogP contribution is -2.56. The van der Waals surface area contributed by atoms with E-state index in [0.29, 0.717) is 23.2 Å². The molecule has 0 aromatic heterocycles. The van der Waals surface area contributed by atoms with Gasteiger partial charge in [0.25, 0.3) is 0 Å². The topological polar surface area (TPSA) is 61.1 Å². The number of nitrogens with zero attached hydrogens (tertiary/aromatic N) is 1. The number of Topliss-reactive ketones (excluding diaryl/α,β-unsaturated/α-hetero) is 1. The molecule has 1 aromatic rings. The predicted octanol–water partition coefficient (Wildman–Crippen LogP) is 5.89. The molecule has 0 heterocycles. The van der Waals surface area contributed by atoms with Crippen molar-refractivity contribution in [1.82, 2.24) is 0 Å². The zero-order valence-electron chi connectivity index (χ0n) is 20.4. The number of fused-ring (bicyclic) bond motifs is 5. The lowest BCUT2D eigenvalue weighted by atomic mass is 9.44. The number of rotatable bonds is 1. The molecule has 2 unspecified atom stereocenters. The van der Waals surface area contributed by atoms with Gasteiger partial charge in [-0.3, -0.25) is 4.79 Å². The fourth-order valence-corrected chi connectivity index (χ4v) is 8.84. The number of hydrogen-bond donors (Lipinski definition) is 1. The summed E-state index contributed by atoms with van der Waals surface area (Å²) in [6.45, 7) is 6.73. The first-order valence-electron chi connectivity index (χ1n) is 12.9. The Bertz CT molecular complexity index is 1040. The number of nitriles is 1. The fraction of sp³-hybridized carbons (Fsp3) is 0.667. The summed E-state index contributed by atoms with van der Waals surface area (Å²) in [6, 6.07) is 9.42. The van der Waals surface area contributed by atoms with E-state index in [0.717, 1.165) is 43.1 Å². The molecule has 3 heteroatoms. The Labute approximate surface area is 199 Å². The summed E-state index contributed by atoms with van der Waals surface area (Å²) in [4.78, 5) is 12.4. The molecule has 33 heavy (non-hydrogen) atoms. The third-order valence-electron chi connectivity index (χ3n) is 10.7. The number of carbonyl (C=O) groups excluding carboxylic acids is 1. The zero-order valence-corrected chi connectivity index (χ0v) is 20.4. The molecule has 0 radical (unpaired) electrons. The van der Waals surface area contributed by atoms with E-state index in [-0.39, 0.29) is 16.7 Å². The maximum Gasteiger partial charge on any atom is 0.133 e. The number of aliphatic hydroxyl groups is 1. The average Bonchev–Trinajstić information content (AvgIpc) is 3.16. The van der Waals surface area contributed by atoms with Crippen molar-refractivity contribution in [3.05, 3.63) is 35.4 Å². The molecule has 4 aliphatic carbocycles. The highest BCUT2D eigenvalue weighted by atomic mass is 16.3. The van der Waals surface area contributed by atoms with Crippen LogP contribution in [0.15, 0.2) is 24.3 Å². The highest BCUT2D eigenvalue weighted by Gasteiger charge is 2.61. The second-order valence-corrected chi connectivity index (χ2v) is 12.1. The Hall–Kier alpha value is -2.10. The van der Waals surface area contributed by atoms with Crippen LogP contribution in [0.1, 0.15) is 89.7 Å². The SMILES string of the molecule is CC(=O)[C@H]1CC[C@H]2[C@@H]3CCC4CC(O)(C#Cc5ccc(C#N)cc5)CC[C@]4(C)[C@H]3CC[C@]12C. The first-order valence-corrected chi connectivity index (χ1v) is 12.9. The minimum atomic E-state index is -0.915. The molecule has 4 fully saturated rings. The van der Waals surface area contributed by atoms with E-state index in [2.05, 4.69) is 31.8 Å². The molecule has 4 saturated carbocycles. The minimum Gasteiger partial charge on any atom is -0.378 e. The van der Waals surface area contributed by atoms with Gasteiger partial charge in [0.15, 0.2) is 0 Å². The quantitative estimate of drug-likeness (QED) is 0.551. The summed E-state index contributed by atoms with van der Waals surface area (Å²) in [6.07, 6.45) is 9.71. The summed E-state index contributed by atoms with van der Waals surface area (Å²) < 4.78 is 0. The minimum absolute atomic E-state index is 0.207. The molecule has 174 valence electrons. The molecule has 3 nitrogen and oxygen atoms in total. The van der Waals surface area contributed by atoms with Crippen LogP contribution in [0.25, 0.3) is 0 Å². The molecule has 1 aromatic carbocycles. The zero-order chi connectivity index (χ0) is 23.4. The molecule has 0 spiro atoms. The number of ketones is 1. The van der Waals surface area contributed by atoms with E-state index < -0.39 is 5.60 Å². The van der Waals surface area contributed by atoms with Crippen molar-refractivity contribution < 1.29 is 9.90 Å². The molecule has 0 aliphatic heterocycles. The molecule has 0 bridgehead atoms. The lowest BCUT2D eigenvalue weighted by molar-refractivity contribution is -0.144. The van der Waals surface area contributed by atoms with Crippen molar-refractivity contribution >= 4 is 5.78 Å². The van der Waals surface area contributed by atoms with E-state index in [4.69, 9.17) is 5.26 Å². The molecular formula is C30H37NO2. The largest absolute Gasteiger partial charge is 0.378 e. The summed E-state index contributed by atoms with van der Waals surface area (Å²) in [5.41, 5.74) is 1.05. The van der Waals surface area contributed by atoms with Gasteiger partial charge in [-0.25, -0.2) is 0 Å². The van der Waals surface area contributed by atoms with Crippen LogP contribution in [0.4, 0.5) is 0 Å². The van der Waals surface area contributed by atoms with Gasteiger partial charge in [-0.2, -0.15) is 5.26 Å². The van der Waals surface area contributed by atoms with Gasteiger partial charge in [0.2, 0.25) is 0 Å². The van der Waals surface area contributed by atoms with E-state index in [1.807, 2.05) is 19.1 Å². The maximum absolute atomic E-state index is 12.4. The number of carbonyl (C=O) groups is 1. The fourth-order valence-electron chi connectivity index (χ4n) is 8.84. The summed E-state index contributed by atoms with van der Waals surface area (Å²) in [5.74, 6) is 9.74. The van der Waals surface area contributed by atoms with Gasteiger partial charge in [0.1, 0.15) is 11.4 Å². The second kappa shape index (κ2) is 7.99. The van der Waals surface area contributed by atoms with Crippen LogP contribution in [-0.4, -0.2) is 16.5 Å². The van der Waals surface area contributed by atoms with Crippen LogP contribution in [-0.2, 0) is 4.79 Å². The van der Waals surface area contributed by atoms with Crippen LogP contribution in [0.5, 0.6) is 0 Å². The molecule has 0 saturated heterocycles. The molecule has 8 atom stereocenters. The summed E-state index contributed by atoms with van der Waals surface area (Å²) >= 11 is 0. The van der Waals surface area contributed by atoms with Gasteiger partial charge in [0, 0.05) is 11.5 Å². The first kappa shape index (κ1) is 22.7. The highest BCUT2D eigenvalue weighted by Crippen LogP contribution is 2.68. The molecule has 0 amide bonds. The Morgan fingerprint density at radius 2 is 1.64 bits per heavy atom. The molecule has 1 N–H and O–H groups in total. The van der Waals surface area contributed by atoms with Gasteiger partial charge in [-0.15, -0.1) is 0 Å². The van der Waals surface area contributed by atoms with Crippen LogP contribution in [0, 0.1) is 63.6 Å². The van der Waals surface area contributed by atoms with Gasteiger partial charge in [-0.1, -0.05) is 25.7 Å². The van der Waals surface area contributed by atoms with E-state index >= 15 is 0 Å². The summed E-state index contributed by atoms with van der Waals surface area (Å²) in [7, 11) is 0. The standard InChI is InChI=1S/C30H37NO2/c1-20(32)25-10-11-26-24-9-8-23-18-30(33,15-12-21-4-6-22(19-31)7-5-21)17-16-28(23,2)27(24)13-14-29(25,26)3/h4-7,23-27,33H,8-11,13-14,16-18H2,1-3H3/t23?,24-,25+,26-,27-,28-,29+,30?/m0/s1. The van der Waals surface area contributed by atoms with Crippen LogP contribution in [0.2, 0.25) is 0 Å². The smallest absolute Gasteiger partial charge is 0.133 e. The Morgan fingerprint density at radius 3 is 2.33 bits per heavy atom. The summed E-state index contributed by atoms with van der Waals surface area (Å²) in [5, 5.41) is 20.4. The van der Waals surface area contributed by atoms with Crippen LogP contribution in [0.3, 0.4) is 0 Å². The second-order valence-electron chi connectivity index (χ2n) is 12.1. The van der Waals surface area contributed by atoms with E-state index in [1.165, 1.54) is 32.1 Å². The van der Waals surface area contributed by atoms with E-state index in [9.17, 15) is 9.90 Å². The molecule has 4 aliphatic rings. The van der Waals surface area contributed by atoms with Gasteiger partial charge >= 0.3 is 0 Å².